The van der Waals surface area contributed by atoms with Crippen LogP contribution in [0, 0.1) is 18.2 Å². The topological polar surface area (TPSA) is 119 Å². The second-order valence-corrected chi connectivity index (χ2v) is 21.1. The zero-order valence-electron chi connectivity index (χ0n) is 37.6. The average molecular weight is 924 g/mol. The number of fused-ring (bicyclic) bond motifs is 1. The molecular weight excluding hydrogens is 863 g/mol. The molecular formula is C51H60ClFN6O5S. The number of sulfonamides is 1. The van der Waals surface area contributed by atoms with E-state index in [1.165, 1.54) is 28.8 Å². The number of nitrogens with one attached hydrogen (secondary N) is 3. The summed E-state index contributed by atoms with van der Waals surface area (Å²) in [6, 6.07) is 23.9. The Morgan fingerprint density at radius 3 is 2.42 bits per heavy atom. The number of rotatable bonds is 12. The van der Waals surface area contributed by atoms with Gasteiger partial charge in [-0.05, 0) is 141 Å². The molecule has 4 aliphatic rings. The summed E-state index contributed by atoms with van der Waals surface area (Å²) in [6.07, 6.45) is 9.07. The van der Waals surface area contributed by atoms with Gasteiger partial charge in [0.2, 0.25) is 0 Å². The quantitative estimate of drug-likeness (QED) is 0.112. The fourth-order valence-electron chi connectivity index (χ4n) is 10.0. The number of piperidine rings is 1. The SMILES string of the molecule is Cc1cc(S(=O)(=O)NC(=O)c2ccc(N3CCN(CC4=C(c5ccc(Cl)cc5)CC(C)(C)CC4)CC3)c(F)c2Oc2ccc3[nH]ccc3c2)ccc1NC1CCN(C2CCOCC2)CC1. The van der Waals surface area contributed by atoms with Crippen LogP contribution >= 0.6 is 11.6 Å². The van der Waals surface area contributed by atoms with Crippen molar-refractivity contribution in [3.05, 3.63) is 118 Å². The van der Waals surface area contributed by atoms with Gasteiger partial charge in [0.25, 0.3) is 15.9 Å². The van der Waals surface area contributed by atoms with Gasteiger partial charge in [0.1, 0.15) is 5.75 Å². The highest BCUT2D eigenvalue weighted by Crippen LogP contribution is 2.44. The van der Waals surface area contributed by atoms with Crippen molar-refractivity contribution in [2.75, 3.05) is 69.2 Å². The summed E-state index contributed by atoms with van der Waals surface area (Å²) in [4.78, 5) is 24.1. The lowest BCUT2D eigenvalue weighted by molar-refractivity contribution is 0.0262. The number of H-pyrrole nitrogens is 1. The summed E-state index contributed by atoms with van der Waals surface area (Å²) in [5.41, 5.74) is 6.77. The van der Waals surface area contributed by atoms with E-state index in [9.17, 15) is 13.2 Å². The fraction of sp³-hybridized carbons (Fsp3) is 0.431. The summed E-state index contributed by atoms with van der Waals surface area (Å²) in [5.74, 6) is -1.75. The third kappa shape index (κ3) is 10.4. The first-order chi connectivity index (χ1) is 31.3. The Morgan fingerprint density at radius 1 is 0.923 bits per heavy atom. The van der Waals surface area contributed by atoms with Crippen LogP contribution in [-0.4, -0.2) is 100 Å². The number of amides is 1. The Bertz CT molecular complexity index is 2660. The number of hydrogen-bond donors (Lipinski definition) is 3. The maximum atomic E-state index is 17.0. The molecule has 5 aromatic rings. The summed E-state index contributed by atoms with van der Waals surface area (Å²) in [5, 5.41) is 5.19. The monoisotopic (exact) mass is 922 g/mol. The molecule has 0 saturated carbocycles. The maximum Gasteiger partial charge on any atom is 0.268 e. The highest BCUT2D eigenvalue weighted by atomic mass is 35.5. The van der Waals surface area contributed by atoms with Crippen LogP contribution in [0.1, 0.15) is 80.3 Å². The Morgan fingerprint density at radius 2 is 1.68 bits per heavy atom. The second kappa shape index (κ2) is 19.1. The summed E-state index contributed by atoms with van der Waals surface area (Å²) in [7, 11) is -4.35. The van der Waals surface area contributed by atoms with Crippen molar-refractivity contribution in [2.45, 2.75) is 82.7 Å². The Labute approximate surface area is 387 Å². The molecule has 1 amide bonds. The lowest BCUT2D eigenvalue weighted by Gasteiger charge is -2.39. The number of nitrogens with zero attached hydrogens (tertiary/aromatic N) is 3. The smallest absolute Gasteiger partial charge is 0.268 e. The molecule has 0 radical (unpaired) electrons. The number of likely N-dealkylation sites (tertiary alicyclic amines) is 1. The zero-order chi connectivity index (χ0) is 45.3. The van der Waals surface area contributed by atoms with Gasteiger partial charge in [-0.2, -0.15) is 0 Å². The highest BCUT2D eigenvalue weighted by molar-refractivity contribution is 7.90. The molecule has 3 fully saturated rings. The Balaban J connectivity index is 0.903. The van der Waals surface area contributed by atoms with Gasteiger partial charge >= 0.3 is 0 Å². The standard InChI is InChI=1S/C51H60ClFN6O5S/c1-34-30-42(9-12-45(34)55-39-16-22-58(23-17-39)40-18-28-63-29-19-40)65(61,62)56-50(60)43-10-13-47(48(53)49(43)64-41-8-11-46-36(31-41)15-21-54-46)59-26-24-57(25-27-59)33-37-14-20-51(2,3)32-44(37)35-4-6-38(52)7-5-35/h4-13,15,21,30-31,39-40,54-55H,14,16-20,22-29,32-33H2,1-3H3,(H,56,60). The van der Waals surface area contributed by atoms with Crippen LogP contribution < -0.4 is 19.7 Å². The number of carbonyl (C=O) groups is 1. The first-order valence-electron chi connectivity index (χ1n) is 23.1. The fourth-order valence-corrected chi connectivity index (χ4v) is 11.2. The van der Waals surface area contributed by atoms with Gasteiger partial charge in [-0.3, -0.25) is 9.69 Å². The third-order valence-electron chi connectivity index (χ3n) is 13.9. The number of aromatic nitrogens is 1. The Hall–Kier alpha value is -4.92. The second-order valence-electron chi connectivity index (χ2n) is 19.0. The summed E-state index contributed by atoms with van der Waals surface area (Å²) < 4.78 is 58.7. The van der Waals surface area contributed by atoms with Crippen molar-refractivity contribution in [3.8, 4) is 11.5 Å². The van der Waals surface area contributed by atoms with E-state index in [1.54, 1.807) is 36.5 Å². The van der Waals surface area contributed by atoms with E-state index in [2.05, 4.69) is 50.8 Å². The molecule has 344 valence electrons. The molecule has 65 heavy (non-hydrogen) atoms. The first-order valence-corrected chi connectivity index (χ1v) is 24.9. The normalized spacial score (nSPS) is 19.4. The van der Waals surface area contributed by atoms with E-state index in [4.69, 9.17) is 21.1 Å². The van der Waals surface area contributed by atoms with Gasteiger partial charge in [-0.25, -0.2) is 17.5 Å². The molecule has 4 aromatic carbocycles. The maximum absolute atomic E-state index is 17.0. The van der Waals surface area contributed by atoms with E-state index in [0.717, 1.165) is 105 Å². The molecule has 3 N–H and O–H groups in total. The van der Waals surface area contributed by atoms with E-state index in [0.29, 0.717) is 38.0 Å². The number of benzene rings is 4. The molecule has 0 unspecified atom stereocenters. The minimum atomic E-state index is -4.35. The highest BCUT2D eigenvalue weighted by Gasteiger charge is 2.32. The number of halogens is 2. The number of carbonyl (C=O) groups excluding carboxylic acids is 1. The molecule has 14 heteroatoms. The first kappa shape index (κ1) is 45.2. The molecule has 0 spiro atoms. The minimum Gasteiger partial charge on any atom is -0.453 e. The van der Waals surface area contributed by atoms with Crippen LogP contribution in [0.25, 0.3) is 16.5 Å². The van der Waals surface area contributed by atoms with Crippen LogP contribution in [-0.2, 0) is 14.8 Å². The van der Waals surface area contributed by atoms with Crippen molar-refractivity contribution in [3.63, 3.8) is 0 Å². The number of hydrogen-bond acceptors (Lipinski definition) is 9. The molecule has 1 aromatic heterocycles. The van der Waals surface area contributed by atoms with Gasteiger partial charge in [-0.1, -0.05) is 43.2 Å². The third-order valence-corrected chi connectivity index (χ3v) is 15.5. The average Bonchev–Trinajstić information content (AvgIpc) is 3.77. The molecule has 3 saturated heterocycles. The van der Waals surface area contributed by atoms with E-state index in [-0.39, 0.29) is 33.4 Å². The van der Waals surface area contributed by atoms with Crippen molar-refractivity contribution in [1.82, 2.24) is 19.5 Å². The van der Waals surface area contributed by atoms with E-state index < -0.39 is 21.7 Å². The number of anilines is 2. The van der Waals surface area contributed by atoms with Gasteiger partial charge in [0, 0.05) is 98.9 Å². The van der Waals surface area contributed by atoms with Crippen molar-refractivity contribution in [2.24, 2.45) is 5.41 Å². The van der Waals surface area contributed by atoms with Crippen molar-refractivity contribution < 1.29 is 27.1 Å². The van der Waals surface area contributed by atoms with Gasteiger partial charge < -0.3 is 29.6 Å². The number of piperazine rings is 1. The van der Waals surface area contributed by atoms with Crippen molar-refractivity contribution in [1.29, 1.82) is 0 Å². The molecule has 0 atom stereocenters. The number of ether oxygens (including phenoxy) is 2. The molecule has 1 aliphatic carbocycles. The van der Waals surface area contributed by atoms with Crippen molar-refractivity contribution >= 4 is 55.4 Å². The van der Waals surface area contributed by atoms with Gasteiger partial charge in [-0.15, -0.1) is 0 Å². The minimum absolute atomic E-state index is 0.0634. The summed E-state index contributed by atoms with van der Waals surface area (Å²) >= 11 is 6.25. The lowest BCUT2D eigenvalue weighted by Crippen LogP contribution is -2.47. The van der Waals surface area contributed by atoms with Crippen LogP contribution in [0.5, 0.6) is 11.5 Å². The summed E-state index contributed by atoms with van der Waals surface area (Å²) in [6.45, 7) is 13.6. The Kier molecular flexibility index (Phi) is 13.3. The van der Waals surface area contributed by atoms with Gasteiger partial charge in [0.05, 0.1) is 16.1 Å². The molecule has 4 heterocycles. The van der Waals surface area contributed by atoms with E-state index >= 15 is 4.39 Å². The number of allylic oxidation sites excluding steroid dienone is 1. The molecule has 11 nitrogen and oxygen atoms in total. The zero-order valence-corrected chi connectivity index (χ0v) is 39.2. The molecule has 3 aliphatic heterocycles. The predicted octanol–water partition coefficient (Wildman–Crippen LogP) is 10.0. The largest absolute Gasteiger partial charge is 0.453 e. The predicted molar refractivity (Wildman–Crippen MR) is 257 cm³/mol. The van der Waals surface area contributed by atoms with E-state index in [1.807, 2.05) is 36.1 Å². The molecule has 0 bridgehead atoms. The number of aromatic amines is 1. The van der Waals surface area contributed by atoms with Crippen LogP contribution in [0.4, 0.5) is 15.8 Å². The van der Waals surface area contributed by atoms with Gasteiger partial charge in [0.15, 0.2) is 11.6 Å². The van der Waals surface area contributed by atoms with Crippen LogP contribution in [0.2, 0.25) is 5.02 Å². The molecule has 9 rings (SSSR count). The van der Waals surface area contributed by atoms with Crippen LogP contribution in [0.15, 0.2) is 95.5 Å². The lowest BCUT2D eigenvalue weighted by atomic mass is 9.72. The van der Waals surface area contributed by atoms with Crippen LogP contribution in [0.3, 0.4) is 0 Å². The number of aryl methyl sites for hydroxylation is 1.